The van der Waals surface area contributed by atoms with Gasteiger partial charge in [-0.3, -0.25) is 4.79 Å². The minimum absolute atomic E-state index is 0.00177. The van der Waals surface area contributed by atoms with E-state index in [1.807, 2.05) is 31.1 Å². The molecule has 0 radical (unpaired) electrons. The highest BCUT2D eigenvalue weighted by molar-refractivity contribution is 8.03. The molecule has 1 aromatic carbocycles. The molecule has 0 unspecified atom stereocenters. The molecule has 1 aliphatic heterocycles. The number of hydrogen-bond acceptors (Lipinski definition) is 4. The average molecular weight is 326 g/mol. The molecule has 0 atom stereocenters. The van der Waals surface area contributed by atoms with E-state index < -0.39 is 17.5 Å². The quantitative estimate of drug-likeness (QED) is 0.847. The summed E-state index contributed by atoms with van der Waals surface area (Å²) in [6.45, 7) is 0. The van der Waals surface area contributed by atoms with Gasteiger partial charge >= 0.3 is 6.18 Å². The standard InChI is InChI=1S/C15H13F3N2OS/c1-20(2)8-3-4-11-12(5-8)22-13-7-9(21)6-10(14(13)19-11)15(16,17)18/h3-6,19H,7H2,1-2H3. The molecule has 7 heteroatoms. The number of carbonyl (C=O) groups excluding carboxylic acids is 1. The van der Waals surface area contributed by atoms with Crippen molar-refractivity contribution in [1.82, 2.24) is 0 Å². The maximum absolute atomic E-state index is 13.1. The molecule has 1 heterocycles. The highest BCUT2D eigenvalue weighted by Gasteiger charge is 2.41. The number of hydrogen-bond donors (Lipinski definition) is 1. The Kier molecular flexibility index (Phi) is 3.47. The van der Waals surface area contributed by atoms with Gasteiger partial charge < -0.3 is 10.2 Å². The molecule has 0 spiro atoms. The Hall–Kier alpha value is -1.89. The van der Waals surface area contributed by atoms with E-state index in [1.165, 1.54) is 11.8 Å². The van der Waals surface area contributed by atoms with Crippen LogP contribution in [0.3, 0.4) is 0 Å². The summed E-state index contributed by atoms with van der Waals surface area (Å²) >= 11 is 1.22. The number of thioether (sulfide) groups is 1. The van der Waals surface area contributed by atoms with Gasteiger partial charge in [0.05, 0.1) is 17.0 Å². The molecular weight excluding hydrogens is 313 g/mol. The van der Waals surface area contributed by atoms with Crippen LogP contribution in [0.15, 0.2) is 45.3 Å². The first kappa shape index (κ1) is 15.0. The van der Waals surface area contributed by atoms with Gasteiger partial charge in [0.1, 0.15) is 0 Å². The van der Waals surface area contributed by atoms with Gasteiger partial charge in [0.2, 0.25) is 0 Å². The van der Waals surface area contributed by atoms with Gasteiger partial charge in [-0.1, -0.05) is 11.8 Å². The zero-order valence-corrected chi connectivity index (χ0v) is 12.7. The number of rotatable bonds is 1. The van der Waals surface area contributed by atoms with Crippen molar-refractivity contribution >= 4 is 28.9 Å². The first-order valence-corrected chi connectivity index (χ1v) is 7.39. The van der Waals surface area contributed by atoms with E-state index in [1.54, 1.807) is 6.07 Å². The lowest BCUT2D eigenvalue weighted by Crippen LogP contribution is -2.25. The van der Waals surface area contributed by atoms with Crippen LogP contribution in [0.4, 0.5) is 24.5 Å². The van der Waals surface area contributed by atoms with Crippen molar-refractivity contribution in [1.29, 1.82) is 0 Å². The lowest BCUT2D eigenvalue weighted by atomic mass is 10.0. The van der Waals surface area contributed by atoms with Gasteiger partial charge in [-0.25, -0.2) is 0 Å². The molecule has 1 aromatic rings. The second-order valence-corrected chi connectivity index (χ2v) is 6.44. The normalized spacial score (nSPS) is 17.5. The third-order valence-electron chi connectivity index (χ3n) is 3.47. The molecule has 0 aromatic heterocycles. The summed E-state index contributed by atoms with van der Waals surface area (Å²) in [7, 11) is 3.78. The minimum Gasteiger partial charge on any atom is -0.378 e. The van der Waals surface area contributed by atoms with E-state index in [0.717, 1.165) is 10.6 Å². The molecular formula is C15H13F3N2OS. The third kappa shape index (κ3) is 2.61. The van der Waals surface area contributed by atoms with Gasteiger partial charge in [-0.05, 0) is 24.3 Å². The van der Waals surface area contributed by atoms with E-state index in [2.05, 4.69) is 5.32 Å². The second kappa shape index (κ2) is 5.08. The number of allylic oxidation sites excluding steroid dienone is 3. The summed E-state index contributed by atoms with van der Waals surface area (Å²) in [6, 6.07) is 5.49. The Morgan fingerprint density at radius 2 is 2.00 bits per heavy atom. The van der Waals surface area contributed by atoms with Crippen molar-refractivity contribution in [2.75, 3.05) is 24.3 Å². The number of fused-ring (bicyclic) bond motifs is 1. The summed E-state index contributed by atoms with van der Waals surface area (Å²) in [6.07, 6.45) is -3.87. The SMILES string of the molecule is CN(C)c1ccc2c(c1)SC1=C(N2)C(C(F)(F)F)=CC(=O)C1. The van der Waals surface area contributed by atoms with Crippen molar-refractivity contribution in [2.24, 2.45) is 0 Å². The minimum atomic E-state index is -4.55. The summed E-state index contributed by atoms with van der Waals surface area (Å²) in [4.78, 5) is 14.8. The highest BCUT2D eigenvalue weighted by atomic mass is 32.2. The molecule has 2 aliphatic rings. The number of benzene rings is 1. The van der Waals surface area contributed by atoms with Gasteiger partial charge in [0.25, 0.3) is 0 Å². The van der Waals surface area contributed by atoms with Gasteiger partial charge in [-0.2, -0.15) is 13.2 Å². The summed E-state index contributed by atoms with van der Waals surface area (Å²) in [5.41, 5.74) is 0.681. The van der Waals surface area contributed by atoms with Crippen LogP contribution in [0.5, 0.6) is 0 Å². The number of halogens is 3. The maximum atomic E-state index is 13.1. The number of alkyl halides is 3. The van der Waals surface area contributed by atoms with Gasteiger partial charge in [0.15, 0.2) is 5.78 Å². The van der Waals surface area contributed by atoms with E-state index in [-0.39, 0.29) is 12.1 Å². The van der Waals surface area contributed by atoms with Crippen LogP contribution in [0.1, 0.15) is 6.42 Å². The number of carbonyl (C=O) groups is 1. The van der Waals surface area contributed by atoms with Crippen LogP contribution >= 0.6 is 11.8 Å². The lowest BCUT2D eigenvalue weighted by Gasteiger charge is -2.29. The van der Waals surface area contributed by atoms with Gasteiger partial charge in [-0.15, -0.1) is 0 Å². The monoisotopic (exact) mass is 326 g/mol. The van der Waals surface area contributed by atoms with Gasteiger partial charge in [0, 0.05) is 36.0 Å². The zero-order valence-electron chi connectivity index (χ0n) is 11.9. The molecule has 1 N–H and O–H groups in total. The fourth-order valence-electron chi connectivity index (χ4n) is 2.37. The van der Waals surface area contributed by atoms with Crippen molar-refractivity contribution in [3.8, 4) is 0 Å². The maximum Gasteiger partial charge on any atom is 0.418 e. The van der Waals surface area contributed by atoms with E-state index in [9.17, 15) is 18.0 Å². The molecule has 0 fully saturated rings. The van der Waals surface area contributed by atoms with Crippen LogP contribution < -0.4 is 10.2 Å². The third-order valence-corrected chi connectivity index (χ3v) is 4.62. The molecule has 0 bridgehead atoms. The Bertz CT molecular complexity index is 720. The van der Waals surface area contributed by atoms with Crippen LogP contribution in [-0.2, 0) is 4.79 Å². The molecule has 0 amide bonds. The number of nitrogens with zero attached hydrogens (tertiary/aromatic N) is 1. The molecule has 0 saturated carbocycles. The lowest BCUT2D eigenvalue weighted by molar-refractivity contribution is -0.115. The first-order chi connectivity index (χ1) is 10.3. The average Bonchev–Trinajstić information content (AvgIpc) is 2.42. The van der Waals surface area contributed by atoms with E-state index in [4.69, 9.17) is 0 Å². The number of anilines is 2. The van der Waals surface area contributed by atoms with Crippen LogP contribution in [0, 0.1) is 0 Å². The zero-order chi connectivity index (χ0) is 16.1. The highest BCUT2D eigenvalue weighted by Crippen LogP contribution is 2.48. The second-order valence-electron chi connectivity index (χ2n) is 5.30. The predicted molar refractivity (Wildman–Crippen MR) is 81.0 cm³/mol. The summed E-state index contributed by atoms with van der Waals surface area (Å²) in [5, 5.41) is 2.84. The van der Waals surface area contributed by atoms with Crippen molar-refractivity contribution in [2.45, 2.75) is 17.5 Å². The fourth-order valence-corrected chi connectivity index (χ4v) is 3.52. The molecule has 0 saturated heterocycles. The smallest absolute Gasteiger partial charge is 0.378 e. The molecule has 22 heavy (non-hydrogen) atoms. The largest absolute Gasteiger partial charge is 0.418 e. The Balaban J connectivity index is 2.03. The van der Waals surface area contributed by atoms with Crippen LogP contribution in [-0.4, -0.2) is 26.1 Å². The summed E-state index contributed by atoms with van der Waals surface area (Å²) < 4.78 is 39.4. The molecule has 1 aliphatic carbocycles. The Labute approximate surface area is 129 Å². The Morgan fingerprint density at radius 1 is 1.27 bits per heavy atom. The van der Waals surface area contributed by atoms with E-state index in [0.29, 0.717) is 16.7 Å². The molecule has 116 valence electrons. The molecule has 3 nitrogen and oxygen atoms in total. The van der Waals surface area contributed by atoms with E-state index >= 15 is 0 Å². The topological polar surface area (TPSA) is 32.3 Å². The van der Waals surface area contributed by atoms with Crippen LogP contribution in [0.25, 0.3) is 0 Å². The first-order valence-electron chi connectivity index (χ1n) is 6.57. The fraction of sp³-hybridized carbons (Fsp3) is 0.267. The predicted octanol–water partition coefficient (Wildman–Crippen LogP) is 3.94. The van der Waals surface area contributed by atoms with Crippen molar-refractivity contribution in [3.63, 3.8) is 0 Å². The van der Waals surface area contributed by atoms with Crippen molar-refractivity contribution < 1.29 is 18.0 Å². The molecule has 3 rings (SSSR count). The number of nitrogens with one attached hydrogen (secondary N) is 1. The van der Waals surface area contributed by atoms with Crippen LogP contribution in [0.2, 0.25) is 0 Å². The van der Waals surface area contributed by atoms with Crippen molar-refractivity contribution in [3.05, 3.63) is 40.5 Å². The Morgan fingerprint density at radius 3 is 2.64 bits per heavy atom. The summed E-state index contributed by atoms with van der Waals surface area (Å²) in [5.74, 6) is -0.521. The number of ketones is 1.